The van der Waals surface area contributed by atoms with E-state index in [1.165, 1.54) is 17.5 Å². The molecule has 9 heteroatoms. The number of pyridine rings is 3. The van der Waals surface area contributed by atoms with Gasteiger partial charge in [0.1, 0.15) is 10.7 Å². The van der Waals surface area contributed by atoms with E-state index in [0.717, 1.165) is 30.1 Å². The van der Waals surface area contributed by atoms with E-state index in [-0.39, 0.29) is 11.9 Å². The van der Waals surface area contributed by atoms with Gasteiger partial charge in [-0.2, -0.15) is 0 Å². The van der Waals surface area contributed by atoms with Crippen LogP contribution in [-0.4, -0.2) is 39.1 Å². The zero-order valence-corrected chi connectivity index (χ0v) is 16.9. The number of rotatable bonds is 3. The second kappa shape index (κ2) is 7.58. The van der Waals surface area contributed by atoms with Crippen molar-refractivity contribution in [2.45, 2.75) is 18.9 Å². The molecule has 5 heterocycles. The number of piperidine rings is 1. The van der Waals surface area contributed by atoms with Crippen LogP contribution in [0.5, 0.6) is 0 Å². The van der Waals surface area contributed by atoms with Crippen LogP contribution < -0.4 is 16.4 Å². The van der Waals surface area contributed by atoms with Gasteiger partial charge in [0.15, 0.2) is 5.82 Å². The number of nitrogens with zero attached hydrogens (tertiary/aromatic N) is 5. The van der Waals surface area contributed by atoms with E-state index in [9.17, 15) is 4.39 Å². The van der Waals surface area contributed by atoms with Gasteiger partial charge in [-0.25, -0.2) is 14.4 Å². The lowest BCUT2D eigenvalue weighted by Crippen LogP contribution is -2.43. The van der Waals surface area contributed by atoms with Crippen molar-refractivity contribution >= 4 is 33.6 Å². The normalized spacial score (nSPS) is 16.9. The Morgan fingerprint density at radius 2 is 2.03 bits per heavy atom. The molecular formula is C21H20FN7S. The van der Waals surface area contributed by atoms with Crippen molar-refractivity contribution in [1.29, 1.82) is 0 Å². The Balaban J connectivity index is 1.65. The van der Waals surface area contributed by atoms with Crippen LogP contribution in [0.25, 0.3) is 33.0 Å². The van der Waals surface area contributed by atoms with E-state index in [1.807, 2.05) is 22.4 Å². The molecule has 0 saturated carbocycles. The molecule has 1 atom stereocenters. The Hall–Kier alpha value is -3.17. The standard InChI is InChI=1S/C21H20FN7S/c22-14-9-26-18-10-27-17(8-13(18)20(14)29-6-1-2-12(23)11-29)19-15(24)3-4-16(28-19)21-25-5-7-30-21/h3-5,7-10,12H,1-2,6,11,23-24H2/t12-/m0/s1. The van der Waals surface area contributed by atoms with Gasteiger partial charge in [0.2, 0.25) is 0 Å². The summed E-state index contributed by atoms with van der Waals surface area (Å²) in [5, 5.41) is 3.37. The van der Waals surface area contributed by atoms with Crippen LogP contribution in [0, 0.1) is 5.82 Å². The molecule has 0 aromatic carbocycles. The van der Waals surface area contributed by atoms with Gasteiger partial charge in [0, 0.05) is 36.1 Å². The number of hydrogen-bond acceptors (Lipinski definition) is 8. The van der Waals surface area contributed by atoms with E-state index in [0.29, 0.717) is 40.2 Å². The average Bonchev–Trinajstić information content (AvgIpc) is 3.28. The molecule has 0 amide bonds. The van der Waals surface area contributed by atoms with Gasteiger partial charge in [-0.1, -0.05) is 0 Å². The number of nitrogens with two attached hydrogens (primary N) is 2. The molecule has 30 heavy (non-hydrogen) atoms. The number of fused-ring (bicyclic) bond motifs is 1. The third kappa shape index (κ3) is 3.35. The van der Waals surface area contributed by atoms with Gasteiger partial charge in [-0.3, -0.25) is 9.97 Å². The van der Waals surface area contributed by atoms with E-state index in [2.05, 4.69) is 19.9 Å². The molecule has 0 spiro atoms. The highest BCUT2D eigenvalue weighted by Gasteiger charge is 2.23. The van der Waals surface area contributed by atoms with Crippen LogP contribution >= 0.6 is 11.3 Å². The fourth-order valence-corrected chi connectivity index (χ4v) is 4.47. The summed E-state index contributed by atoms with van der Waals surface area (Å²) in [7, 11) is 0. The molecule has 0 unspecified atom stereocenters. The summed E-state index contributed by atoms with van der Waals surface area (Å²) in [6.07, 6.45) is 6.48. The first-order chi connectivity index (χ1) is 14.6. The quantitative estimate of drug-likeness (QED) is 0.522. The molecule has 4 aromatic rings. The predicted octanol–water partition coefficient (Wildman–Crippen LogP) is 3.46. The first-order valence-corrected chi connectivity index (χ1v) is 10.6. The zero-order valence-electron chi connectivity index (χ0n) is 16.1. The third-order valence-corrected chi connectivity index (χ3v) is 6.07. The number of aromatic nitrogens is 4. The Kier molecular flexibility index (Phi) is 4.76. The molecule has 1 saturated heterocycles. The summed E-state index contributed by atoms with van der Waals surface area (Å²) in [4.78, 5) is 19.7. The molecule has 0 aliphatic carbocycles. The van der Waals surface area contributed by atoms with E-state index in [1.54, 1.807) is 18.5 Å². The maximum absolute atomic E-state index is 14.9. The highest BCUT2D eigenvalue weighted by atomic mass is 32.1. The molecule has 1 aliphatic heterocycles. The van der Waals surface area contributed by atoms with Crippen molar-refractivity contribution in [2.24, 2.45) is 5.73 Å². The van der Waals surface area contributed by atoms with Gasteiger partial charge in [-0.15, -0.1) is 11.3 Å². The van der Waals surface area contributed by atoms with Crippen molar-refractivity contribution in [3.8, 4) is 22.1 Å². The third-order valence-electron chi connectivity index (χ3n) is 5.28. The fourth-order valence-electron chi connectivity index (χ4n) is 3.86. The fraction of sp³-hybridized carbons (Fsp3) is 0.238. The maximum atomic E-state index is 14.9. The Bertz CT molecular complexity index is 1210. The van der Waals surface area contributed by atoms with Crippen LogP contribution in [0.2, 0.25) is 0 Å². The molecule has 4 aromatic heterocycles. The number of hydrogen-bond donors (Lipinski definition) is 2. The Morgan fingerprint density at radius 3 is 2.83 bits per heavy atom. The minimum Gasteiger partial charge on any atom is -0.397 e. The minimum absolute atomic E-state index is 0.0231. The molecule has 0 bridgehead atoms. The summed E-state index contributed by atoms with van der Waals surface area (Å²) < 4.78 is 14.9. The summed E-state index contributed by atoms with van der Waals surface area (Å²) in [5.41, 5.74) is 15.8. The van der Waals surface area contributed by atoms with E-state index < -0.39 is 0 Å². The van der Waals surface area contributed by atoms with E-state index in [4.69, 9.17) is 11.5 Å². The second-order valence-electron chi connectivity index (χ2n) is 7.36. The molecule has 0 radical (unpaired) electrons. The van der Waals surface area contributed by atoms with Crippen LogP contribution in [0.4, 0.5) is 15.8 Å². The Morgan fingerprint density at radius 1 is 1.13 bits per heavy atom. The molecule has 5 rings (SSSR count). The van der Waals surface area contributed by atoms with Gasteiger partial charge < -0.3 is 16.4 Å². The zero-order chi connectivity index (χ0) is 20.7. The molecule has 7 nitrogen and oxygen atoms in total. The van der Waals surface area contributed by atoms with Crippen LogP contribution in [0.1, 0.15) is 12.8 Å². The van der Waals surface area contributed by atoms with Gasteiger partial charge in [-0.05, 0) is 31.0 Å². The lowest BCUT2D eigenvalue weighted by molar-refractivity contribution is 0.498. The lowest BCUT2D eigenvalue weighted by Gasteiger charge is -2.33. The smallest absolute Gasteiger partial charge is 0.165 e. The summed E-state index contributed by atoms with van der Waals surface area (Å²) >= 11 is 1.50. The molecule has 1 aliphatic rings. The SMILES string of the molecule is Nc1ccc(-c2nccs2)nc1-c1cc2c(N3CCC[C@H](N)C3)c(F)cnc2cn1. The highest BCUT2D eigenvalue weighted by molar-refractivity contribution is 7.13. The van der Waals surface area contributed by atoms with Gasteiger partial charge in [0.25, 0.3) is 0 Å². The largest absolute Gasteiger partial charge is 0.397 e. The number of nitrogen functional groups attached to an aromatic ring is 1. The molecular weight excluding hydrogens is 401 g/mol. The first-order valence-electron chi connectivity index (χ1n) is 9.71. The number of halogens is 1. The van der Waals surface area contributed by atoms with Crippen LogP contribution in [0.15, 0.2) is 42.2 Å². The van der Waals surface area contributed by atoms with Crippen LogP contribution in [0.3, 0.4) is 0 Å². The monoisotopic (exact) mass is 421 g/mol. The first kappa shape index (κ1) is 18.8. The lowest BCUT2D eigenvalue weighted by atomic mass is 10.0. The predicted molar refractivity (Wildman–Crippen MR) is 118 cm³/mol. The minimum atomic E-state index is -0.369. The van der Waals surface area contributed by atoms with Gasteiger partial charge >= 0.3 is 0 Å². The molecule has 4 N–H and O–H groups in total. The topological polar surface area (TPSA) is 107 Å². The van der Waals surface area contributed by atoms with Crippen LogP contribution in [-0.2, 0) is 0 Å². The second-order valence-corrected chi connectivity index (χ2v) is 8.26. The van der Waals surface area contributed by atoms with Crippen molar-refractivity contribution in [1.82, 2.24) is 19.9 Å². The van der Waals surface area contributed by atoms with Crippen molar-refractivity contribution in [3.63, 3.8) is 0 Å². The number of anilines is 2. The molecule has 152 valence electrons. The summed E-state index contributed by atoms with van der Waals surface area (Å²) in [6.45, 7) is 1.36. The average molecular weight is 422 g/mol. The van der Waals surface area contributed by atoms with Gasteiger partial charge in [0.05, 0.1) is 40.7 Å². The Labute approximate surface area is 176 Å². The summed E-state index contributed by atoms with van der Waals surface area (Å²) in [6, 6.07) is 5.46. The van der Waals surface area contributed by atoms with Crippen molar-refractivity contribution < 1.29 is 4.39 Å². The molecule has 1 fully saturated rings. The van der Waals surface area contributed by atoms with Crippen molar-refractivity contribution in [3.05, 3.63) is 48.0 Å². The van der Waals surface area contributed by atoms with Crippen molar-refractivity contribution in [2.75, 3.05) is 23.7 Å². The highest BCUT2D eigenvalue weighted by Crippen LogP contribution is 2.34. The number of thiazole rings is 1. The maximum Gasteiger partial charge on any atom is 0.165 e. The van der Waals surface area contributed by atoms with E-state index >= 15 is 0 Å². The summed E-state index contributed by atoms with van der Waals surface area (Å²) in [5.74, 6) is -0.369.